The Kier molecular flexibility index (Phi) is 4.12. The second kappa shape index (κ2) is 4.37. The molecule has 0 spiro atoms. The van der Waals surface area contributed by atoms with Gasteiger partial charge in [-0.3, -0.25) is 4.68 Å². The van der Waals surface area contributed by atoms with Gasteiger partial charge in [0.2, 0.25) is 0 Å². The van der Waals surface area contributed by atoms with Gasteiger partial charge in [0.15, 0.2) is 0 Å². The predicted molar refractivity (Wildman–Crippen MR) is 43.3 cm³/mol. The zero-order chi connectivity index (χ0) is 8.43. The van der Waals surface area contributed by atoms with Crippen LogP contribution in [0, 0.1) is 0 Å². The zero-order valence-corrected chi connectivity index (χ0v) is 7.31. The SMILES string of the molecule is Cl.Cn1nc(CN)cc1C(F)F. The van der Waals surface area contributed by atoms with Crippen molar-refractivity contribution in [1.82, 2.24) is 9.78 Å². The second-order valence-corrected chi connectivity index (χ2v) is 2.19. The number of nitrogens with two attached hydrogens (primary N) is 1. The van der Waals surface area contributed by atoms with Crippen molar-refractivity contribution in [3.63, 3.8) is 0 Å². The molecule has 6 heteroatoms. The first-order valence-electron chi connectivity index (χ1n) is 3.16. The Bertz CT molecular complexity index is 249. The van der Waals surface area contributed by atoms with Crippen molar-refractivity contribution in [3.8, 4) is 0 Å². The predicted octanol–water partition coefficient (Wildman–Crippen LogP) is 1.24. The Morgan fingerprint density at radius 1 is 1.67 bits per heavy atom. The molecule has 2 N–H and O–H groups in total. The highest BCUT2D eigenvalue weighted by atomic mass is 35.5. The van der Waals surface area contributed by atoms with E-state index in [-0.39, 0.29) is 24.6 Å². The Hall–Kier alpha value is -0.680. The Morgan fingerprint density at radius 3 is 2.50 bits per heavy atom. The summed E-state index contributed by atoms with van der Waals surface area (Å²) < 4.78 is 25.3. The van der Waals surface area contributed by atoms with Crippen molar-refractivity contribution >= 4 is 12.4 Å². The van der Waals surface area contributed by atoms with Crippen LogP contribution in [0.5, 0.6) is 0 Å². The average molecular weight is 198 g/mol. The number of hydrogen-bond acceptors (Lipinski definition) is 2. The molecule has 0 unspecified atom stereocenters. The first kappa shape index (κ1) is 11.3. The van der Waals surface area contributed by atoms with Gasteiger partial charge in [-0.15, -0.1) is 12.4 Å². The number of hydrogen-bond donors (Lipinski definition) is 1. The van der Waals surface area contributed by atoms with Crippen LogP contribution < -0.4 is 5.73 Å². The fraction of sp³-hybridized carbons (Fsp3) is 0.500. The van der Waals surface area contributed by atoms with Crippen LogP contribution in [0.4, 0.5) is 8.78 Å². The van der Waals surface area contributed by atoms with E-state index in [0.29, 0.717) is 5.69 Å². The zero-order valence-electron chi connectivity index (χ0n) is 6.50. The minimum Gasteiger partial charge on any atom is -0.325 e. The molecule has 70 valence electrons. The Morgan fingerprint density at radius 2 is 2.25 bits per heavy atom. The molecule has 1 aromatic rings. The highest BCUT2D eigenvalue weighted by Crippen LogP contribution is 2.18. The topological polar surface area (TPSA) is 43.8 Å². The summed E-state index contributed by atoms with van der Waals surface area (Å²) in [6, 6.07) is 1.31. The lowest BCUT2D eigenvalue weighted by Gasteiger charge is -1.96. The number of aromatic nitrogens is 2. The second-order valence-electron chi connectivity index (χ2n) is 2.19. The van der Waals surface area contributed by atoms with Crippen molar-refractivity contribution < 1.29 is 8.78 Å². The molecule has 1 rings (SSSR count). The molecule has 0 aliphatic heterocycles. The van der Waals surface area contributed by atoms with Gasteiger partial charge in [-0.25, -0.2) is 8.78 Å². The molecule has 0 aliphatic rings. The van der Waals surface area contributed by atoms with Crippen LogP contribution in [0.25, 0.3) is 0 Å². The van der Waals surface area contributed by atoms with Crippen LogP contribution in [0.15, 0.2) is 6.07 Å². The van der Waals surface area contributed by atoms with Crippen LogP contribution >= 0.6 is 12.4 Å². The molecule has 0 atom stereocenters. The molecular formula is C6H10ClF2N3. The molecule has 0 aliphatic carbocycles. The van der Waals surface area contributed by atoms with Crippen molar-refractivity contribution in [1.29, 1.82) is 0 Å². The molecule has 1 aromatic heterocycles. The van der Waals surface area contributed by atoms with Crippen LogP contribution in [0.3, 0.4) is 0 Å². The normalized spacial score (nSPS) is 10.1. The number of alkyl halides is 2. The molecule has 0 aromatic carbocycles. The summed E-state index contributed by atoms with van der Waals surface area (Å²) in [7, 11) is 1.47. The van der Waals surface area contributed by atoms with E-state index in [2.05, 4.69) is 5.10 Å². The summed E-state index contributed by atoms with van der Waals surface area (Å²) in [5.74, 6) is 0. The molecular weight excluding hydrogens is 188 g/mol. The van der Waals surface area contributed by atoms with E-state index in [9.17, 15) is 8.78 Å². The molecule has 0 radical (unpaired) electrons. The van der Waals surface area contributed by atoms with E-state index in [4.69, 9.17) is 5.73 Å². The van der Waals surface area contributed by atoms with E-state index >= 15 is 0 Å². The summed E-state index contributed by atoms with van der Waals surface area (Å²) in [6.45, 7) is 0.195. The lowest BCUT2D eigenvalue weighted by molar-refractivity contribution is 0.141. The van der Waals surface area contributed by atoms with Crippen molar-refractivity contribution in [2.24, 2.45) is 12.8 Å². The maximum Gasteiger partial charge on any atom is 0.280 e. The van der Waals surface area contributed by atoms with Gasteiger partial charge in [-0.1, -0.05) is 0 Å². The van der Waals surface area contributed by atoms with Gasteiger partial charge >= 0.3 is 0 Å². The quantitative estimate of drug-likeness (QED) is 0.775. The van der Waals surface area contributed by atoms with E-state index in [1.165, 1.54) is 13.1 Å². The van der Waals surface area contributed by atoms with Crippen LogP contribution in [-0.4, -0.2) is 9.78 Å². The summed E-state index contributed by atoms with van der Waals surface area (Å²) in [5.41, 5.74) is 5.61. The summed E-state index contributed by atoms with van der Waals surface area (Å²) >= 11 is 0. The number of nitrogens with zero attached hydrogens (tertiary/aromatic N) is 2. The van der Waals surface area contributed by atoms with Gasteiger partial charge in [0.05, 0.1) is 5.69 Å². The molecule has 0 fully saturated rings. The maximum absolute atomic E-state index is 12.1. The first-order chi connectivity index (χ1) is 5.15. The fourth-order valence-electron chi connectivity index (χ4n) is 0.847. The molecule has 0 saturated heterocycles. The summed E-state index contributed by atoms with van der Waals surface area (Å²) in [5, 5.41) is 3.76. The van der Waals surface area contributed by atoms with Gasteiger partial charge in [-0.2, -0.15) is 5.10 Å². The number of aryl methyl sites for hydroxylation is 1. The minimum absolute atomic E-state index is 0. The van der Waals surface area contributed by atoms with Gasteiger partial charge in [-0.05, 0) is 6.07 Å². The van der Waals surface area contributed by atoms with Crippen molar-refractivity contribution in [3.05, 3.63) is 17.5 Å². The molecule has 12 heavy (non-hydrogen) atoms. The largest absolute Gasteiger partial charge is 0.325 e. The highest BCUT2D eigenvalue weighted by Gasteiger charge is 2.12. The molecule has 0 amide bonds. The van der Waals surface area contributed by atoms with Gasteiger partial charge < -0.3 is 5.73 Å². The van der Waals surface area contributed by atoms with Gasteiger partial charge in [0.25, 0.3) is 6.43 Å². The molecule has 0 bridgehead atoms. The van der Waals surface area contributed by atoms with Crippen molar-refractivity contribution in [2.45, 2.75) is 13.0 Å². The minimum atomic E-state index is -2.48. The van der Waals surface area contributed by atoms with Gasteiger partial charge in [0, 0.05) is 13.6 Å². The van der Waals surface area contributed by atoms with Gasteiger partial charge in [0.1, 0.15) is 5.69 Å². The van der Waals surface area contributed by atoms with E-state index in [1.54, 1.807) is 0 Å². The standard InChI is InChI=1S/C6H9F2N3.ClH/c1-11-5(6(7)8)2-4(3-9)10-11;/h2,6H,3,9H2,1H3;1H. The van der Waals surface area contributed by atoms with E-state index in [1.807, 2.05) is 0 Å². The number of rotatable bonds is 2. The first-order valence-corrected chi connectivity index (χ1v) is 3.16. The smallest absolute Gasteiger partial charge is 0.280 e. The average Bonchev–Trinajstić information content (AvgIpc) is 2.30. The van der Waals surface area contributed by atoms with E-state index < -0.39 is 6.43 Å². The van der Waals surface area contributed by atoms with Crippen LogP contribution in [-0.2, 0) is 13.6 Å². The Balaban J connectivity index is 0.00000121. The fourth-order valence-corrected chi connectivity index (χ4v) is 0.847. The van der Waals surface area contributed by atoms with E-state index in [0.717, 1.165) is 4.68 Å². The molecule has 0 saturated carbocycles. The molecule has 1 heterocycles. The lowest BCUT2D eigenvalue weighted by atomic mass is 10.3. The Labute approximate surface area is 75.0 Å². The van der Waals surface area contributed by atoms with Crippen molar-refractivity contribution in [2.75, 3.05) is 0 Å². The third kappa shape index (κ3) is 2.15. The monoisotopic (exact) mass is 197 g/mol. The van der Waals surface area contributed by atoms with Crippen LogP contribution in [0.2, 0.25) is 0 Å². The summed E-state index contributed by atoms with van der Waals surface area (Å²) in [4.78, 5) is 0. The summed E-state index contributed by atoms with van der Waals surface area (Å²) in [6.07, 6.45) is -2.48. The highest BCUT2D eigenvalue weighted by molar-refractivity contribution is 5.85. The maximum atomic E-state index is 12.1. The third-order valence-corrected chi connectivity index (χ3v) is 1.40. The molecule has 3 nitrogen and oxygen atoms in total. The van der Waals surface area contributed by atoms with Crippen LogP contribution in [0.1, 0.15) is 17.8 Å². The third-order valence-electron chi connectivity index (χ3n) is 1.40. The lowest BCUT2D eigenvalue weighted by Crippen LogP contribution is -2.00. The number of halogens is 3.